The van der Waals surface area contributed by atoms with Gasteiger partial charge in [0.25, 0.3) is 0 Å². The van der Waals surface area contributed by atoms with Crippen molar-refractivity contribution in [1.29, 1.82) is 0 Å². The smallest absolute Gasteiger partial charge is 0.142 e. The first-order chi connectivity index (χ1) is 11.6. The van der Waals surface area contributed by atoms with Gasteiger partial charge in [-0.25, -0.2) is 8.78 Å². The zero-order valence-electron chi connectivity index (χ0n) is 13.8. The Bertz CT molecular complexity index is 621. The van der Waals surface area contributed by atoms with Crippen LogP contribution in [-0.4, -0.2) is 0 Å². The molecule has 0 spiro atoms. The van der Waals surface area contributed by atoms with Crippen molar-refractivity contribution in [3.63, 3.8) is 0 Å². The SMILES string of the molecule is C=CCCCc1cc(F)c(C#CC2CCC(C=CCl)CC2)c(F)c1. The Kier molecular flexibility index (Phi) is 7.53. The van der Waals surface area contributed by atoms with Crippen LogP contribution in [0.15, 0.2) is 36.4 Å². The molecular weight excluding hydrogens is 326 g/mol. The highest BCUT2D eigenvalue weighted by molar-refractivity contribution is 6.25. The minimum absolute atomic E-state index is 0.106. The van der Waals surface area contributed by atoms with Gasteiger partial charge in [-0.2, -0.15) is 0 Å². The molecule has 3 heteroatoms. The van der Waals surface area contributed by atoms with Gasteiger partial charge in [0, 0.05) is 11.5 Å². The number of rotatable bonds is 5. The lowest BCUT2D eigenvalue weighted by molar-refractivity contribution is 0.365. The third-order valence-corrected chi connectivity index (χ3v) is 4.64. The summed E-state index contributed by atoms with van der Waals surface area (Å²) in [6.45, 7) is 3.65. The highest BCUT2D eigenvalue weighted by Crippen LogP contribution is 2.29. The van der Waals surface area contributed by atoms with Crippen molar-refractivity contribution in [3.8, 4) is 11.8 Å². The van der Waals surface area contributed by atoms with Gasteiger partial charge in [-0.1, -0.05) is 35.6 Å². The fraction of sp³-hybridized carbons (Fsp3) is 0.429. The Morgan fingerprint density at radius 2 is 1.83 bits per heavy atom. The highest BCUT2D eigenvalue weighted by Gasteiger charge is 2.18. The molecule has 1 saturated carbocycles. The third-order valence-electron chi connectivity index (χ3n) is 4.49. The predicted molar refractivity (Wildman–Crippen MR) is 96.8 cm³/mol. The zero-order chi connectivity index (χ0) is 17.4. The molecule has 0 aromatic heterocycles. The van der Waals surface area contributed by atoms with Crippen LogP contribution < -0.4 is 0 Å². The molecule has 0 heterocycles. The molecule has 0 amide bonds. The van der Waals surface area contributed by atoms with Gasteiger partial charge in [-0.3, -0.25) is 0 Å². The lowest BCUT2D eigenvalue weighted by Crippen LogP contribution is -2.11. The second-order valence-corrected chi connectivity index (χ2v) is 6.57. The first-order valence-electron chi connectivity index (χ1n) is 8.51. The Morgan fingerprint density at radius 1 is 1.17 bits per heavy atom. The lowest BCUT2D eigenvalue weighted by atomic mass is 9.82. The number of benzene rings is 1. The predicted octanol–water partition coefficient (Wildman–Crippen LogP) is 6.38. The van der Waals surface area contributed by atoms with Crippen molar-refractivity contribution in [2.24, 2.45) is 11.8 Å². The van der Waals surface area contributed by atoms with E-state index < -0.39 is 11.6 Å². The van der Waals surface area contributed by atoms with Crippen LogP contribution in [0.4, 0.5) is 8.78 Å². The molecule has 1 aliphatic carbocycles. The zero-order valence-corrected chi connectivity index (χ0v) is 14.6. The molecule has 0 unspecified atom stereocenters. The van der Waals surface area contributed by atoms with Crippen molar-refractivity contribution in [1.82, 2.24) is 0 Å². The maximum atomic E-state index is 14.2. The molecule has 0 aliphatic heterocycles. The van der Waals surface area contributed by atoms with Gasteiger partial charge in [0.15, 0.2) is 0 Å². The molecule has 0 saturated heterocycles. The summed E-state index contributed by atoms with van der Waals surface area (Å²) >= 11 is 5.60. The molecule has 0 radical (unpaired) electrons. The maximum absolute atomic E-state index is 14.2. The van der Waals surface area contributed by atoms with Crippen molar-refractivity contribution in [3.05, 3.63) is 59.2 Å². The van der Waals surface area contributed by atoms with E-state index in [9.17, 15) is 8.78 Å². The van der Waals surface area contributed by atoms with Crippen LogP contribution in [0.2, 0.25) is 0 Å². The summed E-state index contributed by atoms with van der Waals surface area (Å²) in [5.74, 6) is 5.37. The van der Waals surface area contributed by atoms with Crippen LogP contribution in [0.5, 0.6) is 0 Å². The minimum atomic E-state index is -0.560. The second-order valence-electron chi connectivity index (χ2n) is 6.31. The molecule has 1 aliphatic rings. The topological polar surface area (TPSA) is 0 Å². The molecule has 1 aromatic carbocycles. The van der Waals surface area contributed by atoms with E-state index >= 15 is 0 Å². The van der Waals surface area contributed by atoms with Crippen LogP contribution in [0.3, 0.4) is 0 Å². The van der Waals surface area contributed by atoms with Crippen molar-refractivity contribution >= 4 is 11.6 Å². The average molecular weight is 349 g/mol. The molecular formula is C21H23ClF2. The fourth-order valence-electron chi connectivity index (χ4n) is 3.07. The molecule has 0 bridgehead atoms. The Morgan fingerprint density at radius 3 is 2.42 bits per heavy atom. The van der Waals surface area contributed by atoms with Gasteiger partial charge in [-0.05, 0) is 68.6 Å². The van der Waals surface area contributed by atoms with E-state index in [4.69, 9.17) is 11.6 Å². The number of allylic oxidation sites excluding steroid dienone is 2. The monoisotopic (exact) mass is 348 g/mol. The van der Waals surface area contributed by atoms with Crippen LogP contribution in [0.25, 0.3) is 0 Å². The first kappa shape index (κ1) is 18.7. The normalized spacial score (nSPS) is 20.6. The summed E-state index contributed by atoms with van der Waals surface area (Å²) in [6.07, 6.45) is 10.1. The largest absolute Gasteiger partial charge is 0.206 e. The van der Waals surface area contributed by atoms with E-state index in [1.165, 1.54) is 12.1 Å². The standard InChI is InChI=1S/C21H23ClF2/c1-2-3-4-5-18-14-20(23)19(21(24)15-18)11-10-16-6-8-17(9-7-16)12-13-22/h2,12-17H,1,3-9H2. The summed E-state index contributed by atoms with van der Waals surface area (Å²) in [7, 11) is 0. The fourth-order valence-corrected chi connectivity index (χ4v) is 3.28. The van der Waals surface area contributed by atoms with Gasteiger partial charge in [0.1, 0.15) is 11.6 Å². The van der Waals surface area contributed by atoms with Gasteiger partial charge in [-0.15, -0.1) is 6.58 Å². The number of unbranched alkanes of at least 4 members (excludes halogenated alkanes) is 1. The van der Waals surface area contributed by atoms with Gasteiger partial charge < -0.3 is 0 Å². The number of hydrogen-bond acceptors (Lipinski definition) is 0. The van der Waals surface area contributed by atoms with Crippen LogP contribution in [0.1, 0.15) is 49.7 Å². The molecule has 1 aromatic rings. The van der Waals surface area contributed by atoms with Crippen molar-refractivity contribution < 1.29 is 8.78 Å². The van der Waals surface area contributed by atoms with E-state index in [2.05, 4.69) is 18.4 Å². The number of hydrogen-bond donors (Lipinski definition) is 0. The Hall–Kier alpha value is -1.59. The summed E-state index contributed by atoms with van der Waals surface area (Å²) in [4.78, 5) is 0. The maximum Gasteiger partial charge on any atom is 0.142 e. The van der Waals surface area contributed by atoms with Crippen LogP contribution >= 0.6 is 11.6 Å². The molecule has 0 atom stereocenters. The van der Waals surface area contributed by atoms with Gasteiger partial charge in [0.2, 0.25) is 0 Å². The minimum Gasteiger partial charge on any atom is -0.206 e. The molecule has 2 rings (SSSR count). The lowest BCUT2D eigenvalue weighted by Gasteiger charge is -2.22. The number of halogens is 3. The van der Waals surface area contributed by atoms with E-state index in [0.29, 0.717) is 17.9 Å². The molecule has 1 fully saturated rings. The van der Waals surface area contributed by atoms with E-state index in [1.807, 2.05) is 12.2 Å². The van der Waals surface area contributed by atoms with E-state index in [1.54, 1.807) is 5.54 Å². The van der Waals surface area contributed by atoms with Crippen molar-refractivity contribution in [2.45, 2.75) is 44.9 Å². The highest BCUT2D eigenvalue weighted by atomic mass is 35.5. The first-order valence-corrected chi connectivity index (χ1v) is 8.95. The van der Waals surface area contributed by atoms with Crippen LogP contribution in [0, 0.1) is 35.3 Å². The number of aryl methyl sites for hydroxylation is 1. The average Bonchev–Trinajstić information content (AvgIpc) is 2.56. The Balaban J connectivity index is 2.02. The molecule has 128 valence electrons. The third kappa shape index (κ3) is 5.49. The van der Waals surface area contributed by atoms with Gasteiger partial charge >= 0.3 is 0 Å². The summed E-state index contributed by atoms with van der Waals surface area (Å²) in [5.41, 5.74) is 2.13. The van der Waals surface area contributed by atoms with Crippen LogP contribution in [-0.2, 0) is 6.42 Å². The summed E-state index contributed by atoms with van der Waals surface area (Å²) < 4.78 is 28.3. The van der Waals surface area contributed by atoms with E-state index in [-0.39, 0.29) is 11.5 Å². The summed E-state index contributed by atoms with van der Waals surface area (Å²) in [6, 6.07) is 2.80. The second kappa shape index (κ2) is 9.64. The molecule has 0 nitrogen and oxygen atoms in total. The molecule has 24 heavy (non-hydrogen) atoms. The Labute approximate surface area is 148 Å². The van der Waals surface area contributed by atoms with E-state index in [0.717, 1.165) is 38.5 Å². The van der Waals surface area contributed by atoms with Gasteiger partial charge in [0.05, 0.1) is 5.56 Å². The quantitative estimate of drug-likeness (QED) is 0.329. The summed E-state index contributed by atoms with van der Waals surface area (Å²) in [5, 5.41) is 0. The van der Waals surface area contributed by atoms with Crippen molar-refractivity contribution in [2.75, 3.05) is 0 Å². The molecule has 0 N–H and O–H groups in total.